The smallest absolute Gasteiger partial charge is 0.00841 e. The van der Waals surface area contributed by atoms with Crippen molar-refractivity contribution in [2.24, 2.45) is 11.8 Å². The van der Waals surface area contributed by atoms with Gasteiger partial charge in [-0.3, -0.25) is 0 Å². The molecule has 2 heteroatoms. The Morgan fingerprint density at radius 3 is 2.40 bits per heavy atom. The predicted octanol–water partition coefficient (Wildman–Crippen LogP) is 1.72. The Morgan fingerprint density at radius 1 is 1.20 bits per heavy atom. The van der Waals surface area contributed by atoms with Crippen LogP contribution in [0.5, 0.6) is 0 Å². The van der Waals surface area contributed by atoms with Gasteiger partial charge >= 0.3 is 0 Å². The van der Waals surface area contributed by atoms with Crippen molar-refractivity contribution in [1.29, 1.82) is 0 Å². The molecule has 0 aromatic carbocycles. The van der Waals surface area contributed by atoms with Gasteiger partial charge in [0.25, 0.3) is 0 Å². The first-order valence-corrected chi connectivity index (χ1v) is 5.29. The van der Waals surface area contributed by atoms with Crippen LogP contribution in [-0.2, 0) is 0 Å². The fraction of sp³-hybridized carbons (Fsp3) is 1.00. The standard InChI is InChI=1S/C8H14BrN/c9-3-8-5-10(6-8)4-7-1-2-7/h7-8H,1-6H2. The highest BCUT2D eigenvalue weighted by molar-refractivity contribution is 9.09. The van der Waals surface area contributed by atoms with Crippen LogP contribution in [0, 0.1) is 11.8 Å². The molecule has 1 aliphatic carbocycles. The van der Waals surface area contributed by atoms with Crippen LogP contribution in [0.1, 0.15) is 12.8 Å². The largest absolute Gasteiger partial charge is 0.302 e. The minimum atomic E-state index is 0.957. The summed E-state index contributed by atoms with van der Waals surface area (Å²) in [6.45, 7) is 4.09. The lowest BCUT2D eigenvalue weighted by Crippen LogP contribution is -2.48. The van der Waals surface area contributed by atoms with Crippen LogP contribution in [0.2, 0.25) is 0 Å². The summed E-state index contributed by atoms with van der Waals surface area (Å²) in [5, 5.41) is 1.20. The molecule has 0 amide bonds. The zero-order chi connectivity index (χ0) is 6.97. The van der Waals surface area contributed by atoms with Gasteiger partial charge in [-0.2, -0.15) is 0 Å². The van der Waals surface area contributed by atoms with Crippen molar-refractivity contribution < 1.29 is 0 Å². The van der Waals surface area contributed by atoms with Gasteiger partial charge < -0.3 is 4.90 Å². The van der Waals surface area contributed by atoms with Crippen LogP contribution in [0.3, 0.4) is 0 Å². The molecular weight excluding hydrogens is 190 g/mol. The topological polar surface area (TPSA) is 3.24 Å². The van der Waals surface area contributed by atoms with Crippen LogP contribution >= 0.6 is 15.9 Å². The van der Waals surface area contributed by atoms with E-state index in [4.69, 9.17) is 0 Å². The first kappa shape index (κ1) is 7.11. The van der Waals surface area contributed by atoms with Crippen molar-refractivity contribution in [3.8, 4) is 0 Å². The minimum Gasteiger partial charge on any atom is -0.302 e. The molecule has 58 valence electrons. The third-order valence-corrected chi connectivity index (χ3v) is 3.38. The molecule has 2 fully saturated rings. The van der Waals surface area contributed by atoms with Crippen molar-refractivity contribution in [2.75, 3.05) is 25.0 Å². The van der Waals surface area contributed by atoms with Crippen LogP contribution in [0.4, 0.5) is 0 Å². The lowest BCUT2D eigenvalue weighted by molar-refractivity contribution is 0.111. The van der Waals surface area contributed by atoms with Crippen LogP contribution < -0.4 is 0 Å². The van der Waals surface area contributed by atoms with Crippen molar-refractivity contribution >= 4 is 15.9 Å². The van der Waals surface area contributed by atoms with E-state index in [2.05, 4.69) is 20.8 Å². The summed E-state index contributed by atoms with van der Waals surface area (Å²) in [7, 11) is 0. The maximum atomic E-state index is 3.51. The third-order valence-electron chi connectivity index (χ3n) is 2.46. The zero-order valence-electron chi connectivity index (χ0n) is 6.22. The van der Waals surface area contributed by atoms with Crippen molar-refractivity contribution in [1.82, 2.24) is 4.90 Å². The number of alkyl halides is 1. The molecule has 2 rings (SSSR count). The molecule has 0 atom stereocenters. The van der Waals surface area contributed by atoms with E-state index in [0.29, 0.717) is 0 Å². The lowest BCUT2D eigenvalue weighted by atomic mass is 10.0. The highest BCUT2D eigenvalue weighted by Crippen LogP contribution is 2.32. The Bertz CT molecular complexity index is 116. The highest BCUT2D eigenvalue weighted by Gasteiger charge is 2.31. The highest BCUT2D eigenvalue weighted by atomic mass is 79.9. The number of hydrogen-bond donors (Lipinski definition) is 0. The molecule has 0 spiro atoms. The van der Waals surface area contributed by atoms with Gasteiger partial charge in [0.2, 0.25) is 0 Å². The second-order valence-corrected chi connectivity index (χ2v) is 4.33. The SMILES string of the molecule is BrCC1CN(CC2CC2)C1. The lowest BCUT2D eigenvalue weighted by Gasteiger charge is -2.38. The fourth-order valence-electron chi connectivity index (χ4n) is 1.59. The Labute approximate surface area is 70.9 Å². The quantitative estimate of drug-likeness (QED) is 0.632. The predicted molar refractivity (Wildman–Crippen MR) is 46.4 cm³/mol. The molecule has 1 nitrogen and oxygen atoms in total. The Balaban J connectivity index is 1.60. The van der Waals surface area contributed by atoms with Gasteiger partial charge in [-0.15, -0.1) is 0 Å². The first-order chi connectivity index (χ1) is 4.88. The van der Waals surface area contributed by atoms with Crippen molar-refractivity contribution in [2.45, 2.75) is 12.8 Å². The van der Waals surface area contributed by atoms with Gasteiger partial charge in [0.05, 0.1) is 0 Å². The second-order valence-electron chi connectivity index (χ2n) is 3.68. The summed E-state index contributed by atoms with van der Waals surface area (Å²) in [5.74, 6) is 2.04. The summed E-state index contributed by atoms with van der Waals surface area (Å²) in [4.78, 5) is 2.59. The van der Waals surface area contributed by atoms with Crippen LogP contribution in [-0.4, -0.2) is 29.9 Å². The molecule has 1 heterocycles. The third kappa shape index (κ3) is 1.54. The number of rotatable bonds is 3. The van der Waals surface area contributed by atoms with Crippen molar-refractivity contribution in [3.05, 3.63) is 0 Å². The number of likely N-dealkylation sites (tertiary alicyclic amines) is 1. The van der Waals surface area contributed by atoms with E-state index in [9.17, 15) is 0 Å². The van der Waals surface area contributed by atoms with Gasteiger partial charge in [0.15, 0.2) is 0 Å². The van der Waals surface area contributed by atoms with Crippen LogP contribution in [0.25, 0.3) is 0 Å². The molecule has 2 aliphatic rings. The maximum absolute atomic E-state index is 3.51. The molecule has 1 aliphatic heterocycles. The molecule has 0 unspecified atom stereocenters. The van der Waals surface area contributed by atoms with E-state index in [-0.39, 0.29) is 0 Å². The van der Waals surface area contributed by atoms with E-state index < -0.39 is 0 Å². The second kappa shape index (κ2) is 2.82. The Kier molecular flexibility index (Phi) is 2.01. The molecular formula is C8H14BrN. The average molecular weight is 204 g/mol. The minimum absolute atomic E-state index is 0.957. The van der Waals surface area contributed by atoms with Gasteiger partial charge in [0, 0.05) is 25.0 Å². The Hall–Kier alpha value is 0.440. The number of hydrogen-bond acceptors (Lipinski definition) is 1. The van der Waals surface area contributed by atoms with Gasteiger partial charge in [0.1, 0.15) is 0 Å². The fourth-order valence-corrected chi connectivity index (χ4v) is 2.00. The van der Waals surface area contributed by atoms with E-state index in [1.54, 1.807) is 0 Å². The van der Waals surface area contributed by atoms with E-state index >= 15 is 0 Å². The summed E-state index contributed by atoms with van der Waals surface area (Å²) in [6.07, 6.45) is 2.99. The molecule has 0 radical (unpaired) electrons. The Morgan fingerprint density at radius 2 is 1.90 bits per heavy atom. The molecule has 0 aromatic heterocycles. The number of halogens is 1. The first-order valence-electron chi connectivity index (χ1n) is 4.17. The van der Waals surface area contributed by atoms with Gasteiger partial charge in [-0.25, -0.2) is 0 Å². The summed E-state index contributed by atoms with van der Waals surface area (Å²) in [6, 6.07) is 0. The van der Waals surface area contributed by atoms with Gasteiger partial charge in [-0.05, 0) is 24.7 Å². The molecule has 1 saturated carbocycles. The molecule has 1 saturated heterocycles. The van der Waals surface area contributed by atoms with E-state index in [1.807, 2.05) is 0 Å². The average Bonchev–Trinajstić information content (AvgIpc) is 2.60. The molecule has 0 bridgehead atoms. The van der Waals surface area contributed by atoms with E-state index in [1.165, 1.54) is 37.8 Å². The zero-order valence-corrected chi connectivity index (χ0v) is 7.81. The van der Waals surface area contributed by atoms with Gasteiger partial charge in [-0.1, -0.05) is 15.9 Å². The monoisotopic (exact) mass is 203 g/mol. The van der Waals surface area contributed by atoms with Crippen molar-refractivity contribution in [3.63, 3.8) is 0 Å². The molecule has 0 aromatic rings. The van der Waals surface area contributed by atoms with Crippen LogP contribution in [0.15, 0.2) is 0 Å². The summed E-state index contributed by atoms with van der Waals surface area (Å²) >= 11 is 3.51. The maximum Gasteiger partial charge on any atom is 0.00841 e. The normalized spacial score (nSPS) is 28.5. The molecule has 10 heavy (non-hydrogen) atoms. The van der Waals surface area contributed by atoms with E-state index in [0.717, 1.165) is 11.8 Å². The summed E-state index contributed by atoms with van der Waals surface area (Å²) < 4.78 is 0. The molecule has 0 N–H and O–H groups in total. The number of nitrogens with zero attached hydrogens (tertiary/aromatic N) is 1. The summed E-state index contributed by atoms with van der Waals surface area (Å²) in [5.41, 5.74) is 0.